The number of carbonyl (C=O) groups is 1. The molecular weight excluding hydrogens is 310 g/mol. The number of methoxy groups -OCH3 is 1. The number of hydrogen-bond acceptors (Lipinski definition) is 6. The first-order chi connectivity index (χ1) is 11.6. The van der Waals surface area contributed by atoms with Crippen LogP contribution in [-0.2, 0) is 16.0 Å². The minimum atomic E-state index is -0.662. The number of ether oxygens (including phenoxy) is 2. The van der Waals surface area contributed by atoms with E-state index in [1.165, 1.54) is 0 Å². The number of hydrogen-bond donors (Lipinski definition) is 1. The van der Waals surface area contributed by atoms with Crippen LogP contribution in [-0.4, -0.2) is 64.9 Å². The lowest BCUT2D eigenvalue weighted by atomic mass is 9.97. The molecule has 2 saturated heterocycles. The quantitative estimate of drug-likeness (QED) is 0.840. The molecule has 7 nitrogen and oxygen atoms in total. The number of carboxylic acid groups (broad SMARTS) is 1. The van der Waals surface area contributed by atoms with Crippen molar-refractivity contribution >= 4 is 5.97 Å². The number of rotatable bonds is 6. The Kier molecular flexibility index (Phi) is 5.63. The van der Waals surface area contributed by atoms with Crippen LogP contribution < -0.4 is 4.74 Å². The zero-order valence-electron chi connectivity index (χ0n) is 14.1. The highest BCUT2D eigenvalue weighted by Gasteiger charge is 2.30. The molecule has 24 heavy (non-hydrogen) atoms. The fourth-order valence-electron chi connectivity index (χ4n) is 3.51. The summed E-state index contributed by atoms with van der Waals surface area (Å²) in [5, 5.41) is 9.06. The third-order valence-electron chi connectivity index (χ3n) is 4.89. The molecule has 2 aliphatic heterocycles. The number of likely N-dealkylation sites (tertiary alicyclic amines) is 1. The average Bonchev–Trinajstić information content (AvgIpc) is 3.02. The molecular formula is C17H25N3O4. The summed E-state index contributed by atoms with van der Waals surface area (Å²) in [4.78, 5) is 22.0. The van der Waals surface area contributed by atoms with Crippen molar-refractivity contribution in [1.82, 2.24) is 14.9 Å². The Balaban J connectivity index is 1.43. The van der Waals surface area contributed by atoms with E-state index < -0.39 is 5.97 Å². The van der Waals surface area contributed by atoms with Gasteiger partial charge in [-0.2, -0.15) is 4.98 Å². The lowest BCUT2D eigenvalue weighted by molar-refractivity contribution is -0.143. The SMILES string of the molecule is COc1ccnc(C[C@@H]2CC[C@H](CN3CCC(C(=O)O)CC3)O2)n1. The third-order valence-corrected chi connectivity index (χ3v) is 4.89. The van der Waals surface area contributed by atoms with Crippen molar-refractivity contribution in [3.63, 3.8) is 0 Å². The predicted molar refractivity (Wildman–Crippen MR) is 87.0 cm³/mol. The Hall–Kier alpha value is -1.73. The van der Waals surface area contributed by atoms with Gasteiger partial charge in [-0.3, -0.25) is 4.79 Å². The van der Waals surface area contributed by atoms with E-state index in [1.807, 2.05) is 0 Å². The van der Waals surface area contributed by atoms with Crippen LogP contribution in [0.2, 0.25) is 0 Å². The number of nitrogens with zero attached hydrogens (tertiary/aromatic N) is 3. The highest BCUT2D eigenvalue weighted by Crippen LogP contribution is 2.25. The summed E-state index contributed by atoms with van der Waals surface area (Å²) in [5.41, 5.74) is 0. The molecule has 0 bridgehead atoms. The summed E-state index contributed by atoms with van der Waals surface area (Å²) in [7, 11) is 1.60. The van der Waals surface area contributed by atoms with E-state index >= 15 is 0 Å². The fourth-order valence-corrected chi connectivity index (χ4v) is 3.51. The van der Waals surface area contributed by atoms with E-state index in [0.717, 1.165) is 51.1 Å². The lowest BCUT2D eigenvalue weighted by Crippen LogP contribution is -2.40. The van der Waals surface area contributed by atoms with Crippen molar-refractivity contribution in [2.45, 2.75) is 44.3 Å². The van der Waals surface area contributed by atoms with Crippen molar-refractivity contribution in [1.29, 1.82) is 0 Å². The zero-order chi connectivity index (χ0) is 16.9. The van der Waals surface area contributed by atoms with Gasteiger partial charge in [-0.25, -0.2) is 4.98 Å². The summed E-state index contributed by atoms with van der Waals surface area (Å²) in [6, 6.07) is 1.74. The van der Waals surface area contributed by atoms with E-state index in [0.29, 0.717) is 12.3 Å². The van der Waals surface area contributed by atoms with Crippen LogP contribution >= 0.6 is 0 Å². The first kappa shape index (κ1) is 17.1. The van der Waals surface area contributed by atoms with E-state index in [1.54, 1.807) is 19.4 Å². The number of aromatic nitrogens is 2. The Labute approximate surface area is 142 Å². The first-order valence-corrected chi connectivity index (χ1v) is 8.60. The maximum absolute atomic E-state index is 11.0. The maximum Gasteiger partial charge on any atom is 0.306 e. The molecule has 0 radical (unpaired) electrons. The van der Waals surface area contributed by atoms with E-state index in [2.05, 4.69) is 14.9 Å². The number of carboxylic acids is 1. The van der Waals surface area contributed by atoms with Crippen LogP contribution in [0.3, 0.4) is 0 Å². The molecule has 3 rings (SSSR count). The Morgan fingerprint density at radius 2 is 2.08 bits per heavy atom. The van der Waals surface area contributed by atoms with Gasteiger partial charge in [-0.05, 0) is 38.8 Å². The number of aliphatic carboxylic acids is 1. The summed E-state index contributed by atoms with van der Waals surface area (Å²) < 4.78 is 11.3. The van der Waals surface area contributed by atoms with Gasteiger partial charge in [-0.15, -0.1) is 0 Å². The van der Waals surface area contributed by atoms with Gasteiger partial charge < -0.3 is 19.5 Å². The molecule has 2 atom stereocenters. The topological polar surface area (TPSA) is 84.8 Å². The molecule has 0 spiro atoms. The zero-order valence-corrected chi connectivity index (χ0v) is 14.1. The largest absolute Gasteiger partial charge is 0.481 e. The van der Waals surface area contributed by atoms with Gasteiger partial charge in [0.05, 0.1) is 25.2 Å². The highest BCUT2D eigenvalue weighted by molar-refractivity contribution is 5.70. The van der Waals surface area contributed by atoms with Gasteiger partial charge in [0, 0.05) is 25.2 Å². The monoisotopic (exact) mass is 335 g/mol. The second-order valence-electron chi connectivity index (χ2n) is 6.59. The predicted octanol–water partition coefficient (Wildman–Crippen LogP) is 1.37. The number of piperidine rings is 1. The minimum absolute atomic E-state index is 0.152. The molecule has 7 heteroatoms. The van der Waals surface area contributed by atoms with Crippen LogP contribution in [0.4, 0.5) is 0 Å². The van der Waals surface area contributed by atoms with Gasteiger partial charge in [0.1, 0.15) is 5.82 Å². The highest BCUT2D eigenvalue weighted by atomic mass is 16.5. The van der Waals surface area contributed by atoms with Crippen LogP contribution in [0, 0.1) is 5.92 Å². The molecule has 0 amide bonds. The molecule has 3 heterocycles. The minimum Gasteiger partial charge on any atom is -0.481 e. The first-order valence-electron chi connectivity index (χ1n) is 8.60. The second-order valence-corrected chi connectivity index (χ2v) is 6.59. The summed E-state index contributed by atoms with van der Waals surface area (Å²) >= 11 is 0. The standard InChI is InChI=1S/C17H25N3O4/c1-23-16-4-7-18-15(19-16)10-13-2-3-14(24-13)11-20-8-5-12(6-9-20)17(21)22/h4,7,12-14H,2-3,5-6,8-11H2,1H3,(H,21,22)/t13-,14+/m0/s1. The van der Waals surface area contributed by atoms with Crippen molar-refractivity contribution in [3.8, 4) is 5.88 Å². The molecule has 0 unspecified atom stereocenters. The Morgan fingerprint density at radius 3 is 2.79 bits per heavy atom. The summed E-state index contributed by atoms with van der Waals surface area (Å²) in [5.74, 6) is 0.493. The van der Waals surface area contributed by atoms with Crippen molar-refractivity contribution in [2.75, 3.05) is 26.7 Å². The molecule has 0 aliphatic carbocycles. The normalized spacial score (nSPS) is 25.7. The molecule has 1 aromatic heterocycles. The van der Waals surface area contributed by atoms with Gasteiger partial charge in [0.25, 0.3) is 0 Å². The Bertz CT molecular complexity index is 561. The maximum atomic E-state index is 11.0. The van der Waals surface area contributed by atoms with Gasteiger partial charge in [0.15, 0.2) is 0 Å². The lowest BCUT2D eigenvalue weighted by Gasteiger charge is -2.31. The van der Waals surface area contributed by atoms with Crippen LogP contribution in [0.1, 0.15) is 31.5 Å². The van der Waals surface area contributed by atoms with E-state index in [-0.39, 0.29) is 18.1 Å². The van der Waals surface area contributed by atoms with Crippen LogP contribution in [0.5, 0.6) is 5.88 Å². The smallest absolute Gasteiger partial charge is 0.306 e. The molecule has 0 saturated carbocycles. The molecule has 132 valence electrons. The fraction of sp³-hybridized carbons (Fsp3) is 0.706. The average molecular weight is 335 g/mol. The van der Waals surface area contributed by atoms with E-state index in [4.69, 9.17) is 14.6 Å². The van der Waals surface area contributed by atoms with Crippen LogP contribution in [0.25, 0.3) is 0 Å². The van der Waals surface area contributed by atoms with Crippen molar-refractivity contribution in [3.05, 3.63) is 18.1 Å². The summed E-state index contributed by atoms with van der Waals surface area (Å²) in [6.07, 6.45) is 6.31. The molecule has 2 fully saturated rings. The molecule has 1 aromatic rings. The van der Waals surface area contributed by atoms with Crippen molar-refractivity contribution in [2.24, 2.45) is 5.92 Å². The second kappa shape index (κ2) is 7.90. The Morgan fingerprint density at radius 1 is 1.33 bits per heavy atom. The third kappa shape index (κ3) is 4.42. The van der Waals surface area contributed by atoms with Gasteiger partial charge in [0.2, 0.25) is 5.88 Å². The van der Waals surface area contributed by atoms with Crippen molar-refractivity contribution < 1.29 is 19.4 Å². The van der Waals surface area contributed by atoms with E-state index in [9.17, 15) is 4.79 Å². The van der Waals surface area contributed by atoms with Gasteiger partial charge in [-0.1, -0.05) is 0 Å². The van der Waals surface area contributed by atoms with Gasteiger partial charge >= 0.3 is 5.97 Å². The van der Waals surface area contributed by atoms with Crippen LogP contribution in [0.15, 0.2) is 12.3 Å². The molecule has 1 N–H and O–H groups in total. The molecule has 0 aromatic carbocycles. The molecule has 2 aliphatic rings. The summed E-state index contributed by atoms with van der Waals surface area (Å²) in [6.45, 7) is 2.59.